The fourth-order valence-electron chi connectivity index (χ4n) is 4.44. The van der Waals surface area contributed by atoms with Crippen molar-refractivity contribution in [3.05, 3.63) is 77.5 Å². The van der Waals surface area contributed by atoms with Gasteiger partial charge in [-0.3, -0.25) is 19.3 Å². The van der Waals surface area contributed by atoms with Gasteiger partial charge in [-0.2, -0.15) is 0 Å². The number of anilines is 1. The fourth-order valence-corrected chi connectivity index (χ4v) is 4.44. The molecule has 0 unspecified atom stereocenters. The van der Waals surface area contributed by atoms with Crippen LogP contribution in [-0.2, 0) is 11.3 Å². The molecular weight excluding hydrogens is 479 g/mol. The number of carbonyl (C=O) groups is 3. The number of ketones is 1. The van der Waals surface area contributed by atoms with Crippen LogP contribution < -0.4 is 14.4 Å². The van der Waals surface area contributed by atoms with Crippen LogP contribution in [0.2, 0.25) is 0 Å². The lowest BCUT2D eigenvalue weighted by Crippen LogP contribution is -2.38. The van der Waals surface area contributed by atoms with E-state index >= 15 is 0 Å². The molecule has 9 heteroatoms. The van der Waals surface area contributed by atoms with Gasteiger partial charge in [0.1, 0.15) is 23.1 Å². The molecule has 0 bridgehead atoms. The monoisotopic (exact) mass is 506 g/mol. The first-order valence-corrected chi connectivity index (χ1v) is 12.2. The Bertz CT molecular complexity index is 1330. The number of piperidine rings is 1. The number of benzene rings is 2. The Kier molecular flexibility index (Phi) is 6.94. The van der Waals surface area contributed by atoms with Gasteiger partial charge in [-0.1, -0.05) is 13.0 Å². The molecule has 1 fully saturated rings. The number of fused-ring (bicyclic) bond motifs is 1. The summed E-state index contributed by atoms with van der Waals surface area (Å²) >= 11 is 0. The number of furan rings is 1. The van der Waals surface area contributed by atoms with Crippen LogP contribution in [-0.4, -0.2) is 48.8 Å². The number of rotatable bonds is 7. The summed E-state index contributed by atoms with van der Waals surface area (Å²) in [6.45, 7) is 3.21. The van der Waals surface area contributed by atoms with Crippen LogP contribution in [0.5, 0.6) is 11.5 Å². The Hall–Kier alpha value is -4.14. The van der Waals surface area contributed by atoms with Crippen LogP contribution in [0.3, 0.4) is 0 Å². The van der Waals surface area contributed by atoms with Crippen LogP contribution in [0.4, 0.5) is 10.1 Å². The van der Waals surface area contributed by atoms with Crippen LogP contribution in [0, 0.1) is 11.7 Å². The Labute approximate surface area is 213 Å². The fraction of sp³-hybridized carbons (Fsp3) is 0.321. The average molecular weight is 507 g/mol. The van der Waals surface area contributed by atoms with Gasteiger partial charge in [0.25, 0.3) is 11.8 Å². The molecule has 2 aromatic carbocycles. The van der Waals surface area contributed by atoms with Crippen molar-refractivity contribution < 1.29 is 32.7 Å². The third-order valence-electron chi connectivity index (χ3n) is 6.65. The first kappa shape index (κ1) is 24.5. The minimum Gasteiger partial charge on any atom is -0.485 e. The third kappa shape index (κ3) is 5.50. The zero-order valence-corrected chi connectivity index (χ0v) is 20.4. The van der Waals surface area contributed by atoms with E-state index in [9.17, 15) is 18.8 Å². The summed E-state index contributed by atoms with van der Waals surface area (Å²) < 4.78 is 30.2. The van der Waals surface area contributed by atoms with E-state index in [2.05, 4.69) is 6.92 Å². The van der Waals surface area contributed by atoms with E-state index in [-0.39, 0.29) is 48.9 Å². The summed E-state index contributed by atoms with van der Waals surface area (Å²) in [5, 5.41) is 0. The van der Waals surface area contributed by atoms with Crippen LogP contribution >= 0.6 is 0 Å². The van der Waals surface area contributed by atoms with E-state index < -0.39 is 5.82 Å². The van der Waals surface area contributed by atoms with Gasteiger partial charge >= 0.3 is 0 Å². The van der Waals surface area contributed by atoms with Crippen molar-refractivity contribution in [1.82, 2.24) is 4.90 Å². The van der Waals surface area contributed by atoms with Gasteiger partial charge in [-0.25, -0.2) is 4.39 Å². The summed E-state index contributed by atoms with van der Waals surface area (Å²) in [7, 11) is 0. The molecule has 192 valence electrons. The van der Waals surface area contributed by atoms with Crippen molar-refractivity contribution in [2.75, 3.05) is 31.2 Å². The molecular formula is C28H27FN2O6. The van der Waals surface area contributed by atoms with Gasteiger partial charge in [0.15, 0.2) is 24.8 Å². The van der Waals surface area contributed by atoms with Gasteiger partial charge < -0.3 is 18.8 Å². The number of nitrogens with zero attached hydrogens (tertiary/aromatic N) is 2. The summed E-state index contributed by atoms with van der Waals surface area (Å²) in [5.74, 6) is 0.727. The summed E-state index contributed by atoms with van der Waals surface area (Å²) in [6, 6.07) is 13.6. The number of Topliss-reactive ketones (excluding diaryl/α,β-unsaturated/α-hetero) is 1. The molecule has 5 rings (SSSR count). The van der Waals surface area contributed by atoms with E-state index in [0.29, 0.717) is 41.8 Å². The van der Waals surface area contributed by atoms with Crippen molar-refractivity contribution in [1.29, 1.82) is 0 Å². The minimum absolute atomic E-state index is 0.0803. The molecule has 2 amide bonds. The SMILES string of the molecule is CC1CCN(C(=O)c2ccc(CN3C(=O)COc4ccc(C(=O)COc5cccc(F)c5)cc43)o2)CC1. The largest absolute Gasteiger partial charge is 0.485 e. The van der Waals surface area contributed by atoms with Gasteiger partial charge in [-0.05, 0) is 61.2 Å². The highest BCUT2D eigenvalue weighted by atomic mass is 19.1. The normalized spacial score (nSPS) is 15.8. The second kappa shape index (κ2) is 10.5. The van der Waals surface area contributed by atoms with Crippen LogP contribution in [0.15, 0.2) is 59.0 Å². The molecule has 3 aromatic rings. The van der Waals surface area contributed by atoms with E-state index in [0.717, 1.165) is 12.8 Å². The second-order valence-corrected chi connectivity index (χ2v) is 9.36. The molecule has 0 spiro atoms. The average Bonchev–Trinajstić information content (AvgIpc) is 3.37. The third-order valence-corrected chi connectivity index (χ3v) is 6.65. The maximum absolute atomic E-state index is 13.4. The van der Waals surface area contributed by atoms with Crippen molar-refractivity contribution >= 4 is 23.3 Å². The number of ether oxygens (including phenoxy) is 2. The summed E-state index contributed by atoms with van der Waals surface area (Å²) in [4.78, 5) is 41.6. The highest BCUT2D eigenvalue weighted by Crippen LogP contribution is 2.34. The Morgan fingerprint density at radius 1 is 1.08 bits per heavy atom. The Morgan fingerprint density at radius 2 is 1.89 bits per heavy atom. The summed E-state index contributed by atoms with van der Waals surface area (Å²) in [6.07, 6.45) is 1.93. The predicted molar refractivity (Wildman–Crippen MR) is 132 cm³/mol. The quantitative estimate of drug-likeness (QED) is 0.439. The zero-order chi connectivity index (χ0) is 25.9. The van der Waals surface area contributed by atoms with Crippen molar-refractivity contribution in [2.45, 2.75) is 26.3 Å². The van der Waals surface area contributed by atoms with Crippen molar-refractivity contribution in [3.63, 3.8) is 0 Å². The minimum atomic E-state index is -0.460. The maximum atomic E-state index is 13.4. The molecule has 37 heavy (non-hydrogen) atoms. The number of carbonyl (C=O) groups excluding carboxylic acids is 3. The predicted octanol–water partition coefficient (Wildman–Crippen LogP) is 4.48. The molecule has 0 aliphatic carbocycles. The molecule has 0 atom stereocenters. The summed E-state index contributed by atoms with van der Waals surface area (Å²) in [5.41, 5.74) is 0.732. The van der Waals surface area contributed by atoms with E-state index in [1.54, 1.807) is 41.3 Å². The zero-order valence-electron chi connectivity index (χ0n) is 20.4. The van der Waals surface area contributed by atoms with Crippen molar-refractivity contribution in [2.24, 2.45) is 5.92 Å². The lowest BCUT2D eigenvalue weighted by atomic mass is 9.99. The maximum Gasteiger partial charge on any atom is 0.289 e. The van der Waals surface area contributed by atoms with Gasteiger partial charge in [-0.15, -0.1) is 0 Å². The number of likely N-dealkylation sites (tertiary alicyclic amines) is 1. The molecule has 0 saturated carbocycles. The Morgan fingerprint density at radius 3 is 2.68 bits per heavy atom. The highest BCUT2D eigenvalue weighted by molar-refractivity contribution is 6.02. The molecule has 2 aliphatic rings. The second-order valence-electron chi connectivity index (χ2n) is 9.36. The van der Waals surface area contributed by atoms with E-state index in [1.807, 2.05) is 0 Å². The molecule has 3 heterocycles. The van der Waals surface area contributed by atoms with E-state index in [1.165, 1.54) is 23.1 Å². The standard InChI is InChI=1S/C28H27FN2O6/c1-18-9-11-30(12-10-18)28(34)26-8-6-22(37-26)15-31-23-13-19(5-7-25(23)36-17-27(31)33)24(32)16-35-21-4-2-3-20(29)14-21/h2-8,13-14,18H,9-12,15-17H2,1H3. The van der Waals surface area contributed by atoms with Crippen LogP contribution in [0.25, 0.3) is 0 Å². The smallest absolute Gasteiger partial charge is 0.289 e. The number of hydrogen-bond donors (Lipinski definition) is 0. The highest BCUT2D eigenvalue weighted by Gasteiger charge is 2.29. The first-order chi connectivity index (χ1) is 17.9. The molecule has 2 aliphatic heterocycles. The molecule has 1 aromatic heterocycles. The lowest BCUT2D eigenvalue weighted by Gasteiger charge is -2.30. The van der Waals surface area contributed by atoms with Crippen LogP contribution in [0.1, 0.15) is 46.4 Å². The number of amides is 2. The lowest BCUT2D eigenvalue weighted by molar-refractivity contribution is -0.121. The van der Waals surface area contributed by atoms with Gasteiger partial charge in [0, 0.05) is 24.7 Å². The molecule has 0 N–H and O–H groups in total. The van der Waals surface area contributed by atoms with Gasteiger partial charge in [0.05, 0.1) is 12.2 Å². The number of hydrogen-bond acceptors (Lipinski definition) is 6. The topological polar surface area (TPSA) is 89.3 Å². The molecule has 0 radical (unpaired) electrons. The van der Waals surface area contributed by atoms with Crippen molar-refractivity contribution in [3.8, 4) is 11.5 Å². The Balaban J connectivity index is 1.29. The van der Waals surface area contributed by atoms with E-state index in [4.69, 9.17) is 13.9 Å². The molecule has 8 nitrogen and oxygen atoms in total. The van der Waals surface area contributed by atoms with Gasteiger partial charge in [0.2, 0.25) is 0 Å². The number of halogens is 1. The molecule has 1 saturated heterocycles. The first-order valence-electron chi connectivity index (χ1n) is 12.2.